The van der Waals surface area contributed by atoms with Gasteiger partial charge in [-0.2, -0.15) is 0 Å². The first-order valence-electron chi connectivity index (χ1n) is 6.86. The van der Waals surface area contributed by atoms with Gasteiger partial charge in [-0.3, -0.25) is 9.59 Å². The number of carboxylic acid groups (broad SMARTS) is 2. The van der Waals surface area contributed by atoms with Gasteiger partial charge in [-0.1, -0.05) is 6.92 Å². The first-order chi connectivity index (χ1) is 10.1. The molecule has 0 aromatic heterocycles. The monoisotopic (exact) mass is 308 g/mol. The third kappa shape index (κ3) is 12.2. The van der Waals surface area contributed by atoms with Crippen molar-refractivity contribution in [3.63, 3.8) is 0 Å². The number of aliphatic carboxylic acids is 2. The lowest BCUT2D eigenvalue weighted by atomic mass is 10.1. The van der Waals surface area contributed by atoms with E-state index in [0.29, 0.717) is 26.4 Å². The predicted molar refractivity (Wildman–Crippen MR) is 72.1 cm³/mol. The Hall–Kier alpha value is -1.22. The van der Waals surface area contributed by atoms with Crippen LogP contribution >= 0.6 is 0 Å². The summed E-state index contributed by atoms with van der Waals surface area (Å²) in [4.78, 5) is 21.2. The molecule has 0 aromatic carbocycles. The van der Waals surface area contributed by atoms with Gasteiger partial charge in [0.15, 0.2) is 5.92 Å². The van der Waals surface area contributed by atoms with Crippen molar-refractivity contribution in [3.05, 3.63) is 0 Å². The summed E-state index contributed by atoms with van der Waals surface area (Å²) in [5.74, 6) is -4.15. The summed E-state index contributed by atoms with van der Waals surface area (Å²) in [5.41, 5.74) is 0. The van der Waals surface area contributed by atoms with E-state index in [1.165, 1.54) is 0 Å². The Morgan fingerprint density at radius 1 is 0.810 bits per heavy atom. The zero-order valence-electron chi connectivity index (χ0n) is 12.3. The molecule has 0 spiro atoms. The van der Waals surface area contributed by atoms with Crippen LogP contribution in [0.2, 0.25) is 0 Å². The van der Waals surface area contributed by atoms with Crippen LogP contribution in [-0.4, -0.2) is 68.6 Å². The second-order valence-corrected chi connectivity index (χ2v) is 4.18. The Morgan fingerprint density at radius 2 is 1.29 bits per heavy atom. The maximum atomic E-state index is 10.6. The molecule has 0 saturated carbocycles. The molecule has 8 nitrogen and oxygen atoms in total. The molecule has 0 unspecified atom stereocenters. The molecule has 0 saturated heterocycles. The summed E-state index contributed by atoms with van der Waals surface area (Å²) in [6.45, 7) is 4.45. The average molecular weight is 308 g/mol. The SMILES string of the molecule is CCCOCCOCOCCOCCC(C(=O)O)C(=O)O. The zero-order valence-corrected chi connectivity index (χ0v) is 12.3. The highest BCUT2D eigenvalue weighted by Crippen LogP contribution is 2.03. The van der Waals surface area contributed by atoms with Crippen molar-refractivity contribution >= 4 is 11.9 Å². The topological polar surface area (TPSA) is 112 Å². The van der Waals surface area contributed by atoms with Crippen LogP contribution in [0.4, 0.5) is 0 Å². The summed E-state index contributed by atoms with van der Waals surface area (Å²) in [6, 6.07) is 0. The van der Waals surface area contributed by atoms with Gasteiger partial charge in [-0.15, -0.1) is 0 Å². The van der Waals surface area contributed by atoms with Crippen LogP contribution in [0.15, 0.2) is 0 Å². The van der Waals surface area contributed by atoms with E-state index in [0.717, 1.165) is 6.42 Å². The molecule has 2 N–H and O–H groups in total. The lowest BCUT2D eigenvalue weighted by molar-refractivity contribution is -0.155. The van der Waals surface area contributed by atoms with Crippen LogP contribution < -0.4 is 0 Å². The van der Waals surface area contributed by atoms with Gasteiger partial charge in [0, 0.05) is 13.2 Å². The minimum absolute atomic E-state index is 0.0539. The summed E-state index contributed by atoms with van der Waals surface area (Å²) < 4.78 is 20.5. The fourth-order valence-corrected chi connectivity index (χ4v) is 1.31. The molecule has 0 aromatic rings. The Labute approximate surface area is 123 Å². The minimum Gasteiger partial charge on any atom is -0.481 e. The summed E-state index contributed by atoms with van der Waals surface area (Å²) in [7, 11) is 0. The van der Waals surface area contributed by atoms with Crippen LogP contribution in [0.25, 0.3) is 0 Å². The van der Waals surface area contributed by atoms with Gasteiger partial charge in [0.2, 0.25) is 0 Å². The standard InChI is InChI=1S/C13H24O8/c1-2-4-18-6-8-20-10-21-9-7-19-5-3-11(12(14)15)13(16)17/h11H,2-10H2,1H3,(H,14,15)(H,16,17). The second-order valence-electron chi connectivity index (χ2n) is 4.18. The largest absolute Gasteiger partial charge is 0.481 e. The molecule has 0 radical (unpaired) electrons. The molecule has 8 heteroatoms. The first kappa shape index (κ1) is 19.8. The first-order valence-corrected chi connectivity index (χ1v) is 6.86. The Balaban J connectivity index is 3.29. The highest BCUT2D eigenvalue weighted by molar-refractivity contribution is 5.92. The summed E-state index contributed by atoms with van der Waals surface area (Å²) in [6.07, 6.45) is 0.897. The second kappa shape index (κ2) is 13.7. The molecule has 0 aliphatic rings. The summed E-state index contributed by atoms with van der Waals surface area (Å²) >= 11 is 0. The normalized spacial score (nSPS) is 11.0. The van der Waals surface area contributed by atoms with E-state index in [1.807, 2.05) is 6.92 Å². The van der Waals surface area contributed by atoms with Crippen LogP contribution in [-0.2, 0) is 28.5 Å². The van der Waals surface area contributed by atoms with Crippen molar-refractivity contribution in [1.29, 1.82) is 0 Å². The maximum Gasteiger partial charge on any atom is 0.317 e. The molecule has 21 heavy (non-hydrogen) atoms. The smallest absolute Gasteiger partial charge is 0.317 e. The van der Waals surface area contributed by atoms with E-state index < -0.39 is 17.9 Å². The third-order valence-electron chi connectivity index (χ3n) is 2.41. The highest BCUT2D eigenvalue weighted by Gasteiger charge is 2.24. The van der Waals surface area contributed by atoms with Gasteiger partial charge in [-0.05, 0) is 12.8 Å². The molecule has 0 amide bonds. The highest BCUT2D eigenvalue weighted by atomic mass is 16.7. The summed E-state index contributed by atoms with van der Waals surface area (Å²) in [5, 5.41) is 17.3. The molecule has 0 heterocycles. The fourth-order valence-electron chi connectivity index (χ4n) is 1.31. The molecule has 0 aliphatic heterocycles. The number of hydrogen-bond acceptors (Lipinski definition) is 6. The van der Waals surface area contributed by atoms with Crippen molar-refractivity contribution in [3.8, 4) is 0 Å². The van der Waals surface area contributed by atoms with Gasteiger partial charge >= 0.3 is 11.9 Å². The van der Waals surface area contributed by atoms with Crippen LogP contribution in [0.5, 0.6) is 0 Å². The molecule has 0 atom stereocenters. The van der Waals surface area contributed by atoms with Crippen molar-refractivity contribution in [2.24, 2.45) is 5.92 Å². The molecule has 0 bridgehead atoms. The lowest BCUT2D eigenvalue weighted by Gasteiger charge is -2.09. The number of ether oxygens (including phenoxy) is 4. The van der Waals surface area contributed by atoms with Crippen molar-refractivity contribution in [2.45, 2.75) is 19.8 Å². The van der Waals surface area contributed by atoms with Crippen LogP contribution in [0.1, 0.15) is 19.8 Å². The van der Waals surface area contributed by atoms with E-state index in [4.69, 9.17) is 29.2 Å². The van der Waals surface area contributed by atoms with E-state index >= 15 is 0 Å². The predicted octanol–water partition coefficient (Wildman–Crippen LogP) is 0.596. The lowest BCUT2D eigenvalue weighted by Crippen LogP contribution is -2.25. The average Bonchev–Trinajstić information content (AvgIpc) is 2.43. The Kier molecular flexibility index (Phi) is 13.0. The quantitative estimate of drug-likeness (QED) is 0.257. The van der Waals surface area contributed by atoms with Gasteiger partial charge in [-0.25, -0.2) is 0 Å². The molecular weight excluding hydrogens is 284 g/mol. The third-order valence-corrected chi connectivity index (χ3v) is 2.41. The van der Waals surface area contributed by atoms with Gasteiger partial charge in [0.25, 0.3) is 0 Å². The molecule has 0 rings (SSSR count). The van der Waals surface area contributed by atoms with Crippen LogP contribution in [0.3, 0.4) is 0 Å². The molecule has 124 valence electrons. The minimum atomic E-state index is -1.43. The maximum absolute atomic E-state index is 10.6. The van der Waals surface area contributed by atoms with Crippen molar-refractivity contribution in [2.75, 3.05) is 46.4 Å². The van der Waals surface area contributed by atoms with Crippen molar-refractivity contribution < 1.29 is 38.7 Å². The van der Waals surface area contributed by atoms with E-state index in [2.05, 4.69) is 0 Å². The molecule has 0 fully saturated rings. The molecular formula is C13H24O8. The van der Waals surface area contributed by atoms with Crippen molar-refractivity contribution in [1.82, 2.24) is 0 Å². The number of rotatable bonds is 15. The Morgan fingerprint density at radius 3 is 1.76 bits per heavy atom. The van der Waals surface area contributed by atoms with Gasteiger partial charge in [0.05, 0.1) is 26.4 Å². The number of carbonyl (C=O) groups is 2. The number of hydrogen-bond donors (Lipinski definition) is 2. The zero-order chi connectivity index (χ0) is 15.9. The van der Waals surface area contributed by atoms with E-state index in [1.54, 1.807) is 0 Å². The van der Waals surface area contributed by atoms with E-state index in [9.17, 15) is 9.59 Å². The van der Waals surface area contributed by atoms with E-state index in [-0.39, 0.29) is 26.4 Å². The van der Waals surface area contributed by atoms with Crippen LogP contribution in [0, 0.1) is 5.92 Å². The Bertz CT molecular complexity index is 267. The molecule has 0 aliphatic carbocycles. The van der Waals surface area contributed by atoms with Gasteiger partial charge < -0.3 is 29.2 Å². The number of carboxylic acids is 2. The van der Waals surface area contributed by atoms with Gasteiger partial charge in [0.1, 0.15) is 6.79 Å². The fraction of sp³-hybridized carbons (Fsp3) is 0.846.